The molecule has 1 aliphatic carbocycles. The number of nitrogens with zero attached hydrogens (tertiary/aromatic N) is 5. The summed E-state index contributed by atoms with van der Waals surface area (Å²) in [5.74, 6) is 1.10. The van der Waals surface area contributed by atoms with Gasteiger partial charge in [0.25, 0.3) is 5.56 Å². The Morgan fingerprint density at radius 2 is 2.03 bits per heavy atom. The second-order valence-electron chi connectivity index (χ2n) is 8.37. The van der Waals surface area contributed by atoms with Gasteiger partial charge in [0.2, 0.25) is 12.2 Å². The fourth-order valence-corrected chi connectivity index (χ4v) is 4.19. The van der Waals surface area contributed by atoms with E-state index in [0.29, 0.717) is 35.4 Å². The maximum atomic E-state index is 13.0. The summed E-state index contributed by atoms with van der Waals surface area (Å²) in [4.78, 5) is 25.6. The van der Waals surface area contributed by atoms with Gasteiger partial charge in [-0.05, 0) is 49.1 Å². The first kappa shape index (κ1) is 21.2. The molecule has 33 heavy (non-hydrogen) atoms. The van der Waals surface area contributed by atoms with E-state index in [2.05, 4.69) is 20.1 Å². The maximum Gasteiger partial charge on any atom is 0.263 e. The third-order valence-electron chi connectivity index (χ3n) is 5.95. The largest absolute Gasteiger partial charge is 0.461 e. The first-order valence-electron chi connectivity index (χ1n) is 10.6. The van der Waals surface area contributed by atoms with Crippen LogP contribution in [0.3, 0.4) is 0 Å². The number of halogens is 1. The van der Waals surface area contributed by atoms with Gasteiger partial charge in [0.1, 0.15) is 18.6 Å². The van der Waals surface area contributed by atoms with Gasteiger partial charge in [-0.25, -0.2) is 14.4 Å². The Morgan fingerprint density at radius 3 is 2.76 bits per heavy atom. The standard InChI is InChI=1S/C23H22FN5O4/c1-13-7-8-25-21-19(13)22(30)29(12-26-21)11-18-27-20(28-33-18)15-9-23(31,10-15)16-3-5-17(6-4-16)32-14(2)24/h3-8,12,14-15,31H,9-11H2,1-2H3. The second kappa shape index (κ2) is 8.04. The number of alkyl halides is 1. The molecule has 9 nitrogen and oxygen atoms in total. The quantitative estimate of drug-likeness (QED) is 0.476. The average molecular weight is 451 g/mol. The molecule has 1 fully saturated rings. The van der Waals surface area contributed by atoms with Crippen molar-refractivity contribution < 1.29 is 18.8 Å². The van der Waals surface area contributed by atoms with Crippen LogP contribution in [0.25, 0.3) is 11.0 Å². The molecule has 3 aromatic heterocycles. The minimum Gasteiger partial charge on any atom is -0.461 e. The van der Waals surface area contributed by atoms with Crippen molar-refractivity contribution >= 4 is 11.0 Å². The lowest BCUT2D eigenvalue weighted by molar-refractivity contribution is -0.0573. The number of pyridine rings is 1. The van der Waals surface area contributed by atoms with Crippen LogP contribution in [-0.4, -0.2) is 36.1 Å². The molecular weight excluding hydrogens is 429 g/mol. The zero-order valence-electron chi connectivity index (χ0n) is 18.1. The summed E-state index contributed by atoms with van der Waals surface area (Å²) in [6, 6.07) is 8.49. The Kier molecular flexibility index (Phi) is 5.16. The Morgan fingerprint density at radius 1 is 1.27 bits per heavy atom. The number of benzene rings is 1. The van der Waals surface area contributed by atoms with Gasteiger partial charge in [-0.15, -0.1) is 0 Å². The molecule has 170 valence electrons. The predicted octanol–water partition coefficient (Wildman–Crippen LogP) is 2.99. The van der Waals surface area contributed by atoms with Crippen LogP contribution in [0.15, 0.2) is 52.2 Å². The van der Waals surface area contributed by atoms with E-state index in [1.54, 1.807) is 36.5 Å². The Bertz CT molecular complexity index is 1360. The molecule has 0 amide bonds. The first-order chi connectivity index (χ1) is 15.8. The minimum atomic E-state index is -1.40. The van der Waals surface area contributed by atoms with Crippen molar-refractivity contribution in [3.63, 3.8) is 0 Å². The molecule has 1 unspecified atom stereocenters. The number of hydrogen-bond donors (Lipinski definition) is 1. The number of aryl methyl sites for hydroxylation is 1. The van der Waals surface area contributed by atoms with E-state index in [4.69, 9.17) is 9.26 Å². The molecule has 10 heteroatoms. The number of fused-ring (bicyclic) bond motifs is 1. The molecule has 1 aromatic carbocycles. The summed E-state index contributed by atoms with van der Waals surface area (Å²) < 4.78 is 24.7. The summed E-state index contributed by atoms with van der Waals surface area (Å²) in [6.45, 7) is 3.24. The molecular formula is C23H22FN5O4. The van der Waals surface area contributed by atoms with Crippen molar-refractivity contribution in [2.45, 2.75) is 51.1 Å². The van der Waals surface area contributed by atoms with E-state index < -0.39 is 12.0 Å². The van der Waals surface area contributed by atoms with Gasteiger partial charge in [0, 0.05) is 19.0 Å². The lowest BCUT2D eigenvalue weighted by Gasteiger charge is -2.42. The number of ether oxygens (including phenoxy) is 1. The van der Waals surface area contributed by atoms with Gasteiger partial charge in [-0.2, -0.15) is 4.98 Å². The van der Waals surface area contributed by atoms with E-state index in [9.17, 15) is 14.3 Å². The molecule has 0 radical (unpaired) electrons. The molecule has 1 N–H and O–H groups in total. The van der Waals surface area contributed by atoms with Crippen molar-refractivity contribution in [1.29, 1.82) is 0 Å². The second-order valence-corrected chi connectivity index (χ2v) is 8.37. The molecule has 0 bridgehead atoms. The van der Waals surface area contributed by atoms with Crippen LogP contribution in [0.2, 0.25) is 0 Å². The molecule has 0 aliphatic heterocycles. The van der Waals surface area contributed by atoms with Gasteiger partial charge < -0.3 is 14.4 Å². The molecule has 0 spiro atoms. The Labute approximate surface area is 187 Å². The zero-order chi connectivity index (χ0) is 23.2. The SMILES string of the molecule is Cc1ccnc2ncn(Cc3nc(C4CC(O)(c5ccc(OC(C)F)cc5)C4)no3)c(=O)c12. The molecule has 5 rings (SSSR count). The predicted molar refractivity (Wildman–Crippen MR) is 115 cm³/mol. The highest BCUT2D eigenvalue weighted by atomic mass is 19.1. The van der Waals surface area contributed by atoms with Crippen molar-refractivity contribution in [3.05, 3.63) is 76.1 Å². The number of aromatic nitrogens is 5. The van der Waals surface area contributed by atoms with Crippen molar-refractivity contribution in [2.75, 3.05) is 0 Å². The molecule has 3 heterocycles. The number of hydrogen-bond acceptors (Lipinski definition) is 8. The van der Waals surface area contributed by atoms with Gasteiger partial charge in [-0.3, -0.25) is 9.36 Å². The number of rotatable bonds is 6. The topological polar surface area (TPSA) is 116 Å². The fourth-order valence-electron chi connectivity index (χ4n) is 4.19. The Hall–Kier alpha value is -3.66. The lowest BCUT2D eigenvalue weighted by atomic mass is 9.67. The first-order valence-corrected chi connectivity index (χ1v) is 10.6. The van der Waals surface area contributed by atoms with Crippen LogP contribution >= 0.6 is 0 Å². The van der Waals surface area contributed by atoms with Crippen molar-refractivity contribution in [1.82, 2.24) is 24.7 Å². The summed E-state index contributed by atoms with van der Waals surface area (Å²) in [5.41, 5.74) is 0.674. The van der Waals surface area contributed by atoms with Gasteiger partial charge >= 0.3 is 0 Å². The minimum absolute atomic E-state index is 0.0767. The van der Waals surface area contributed by atoms with Gasteiger partial charge in [-0.1, -0.05) is 17.3 Å². The number of aliphatic hydroxyl groups is 1. The molecule has 1 atom stereocenters. The molecule has 0 saturated heterocycles. The fraction of sp³-hybridized carbons (Fsp3) is 0.348. The average Bonchev–Trinajstić information content (AvgIpc) is 3.22. The Balaban J connectivity index is 1.28. The van der Waals surface area contributed by atoms with E-state index in [1.165, 1.54) is 17.8 Å². The van der Waals surface area contributed by atoms with E-state index in [-0.39, 0.29) is 23.9 Å². The smallest absolute Gasteiger partial charge is 0.263 e. The van der Waals surface area contributed by atoms with Gasteiger partial charge in [0.05, 0.1) is 11.0 Å². The van der Waals surface area contributed by atoms with Crippen LogP contribution < -0.4 is 10.3 Å². The van der Waals surface area contributed by atoms with E-state index in [1.807, 2.05) is 6.92 Å². The molecule has 1 aliphatic rings. The third-order valence-corrected chi connectivity index (χ3v) is 5.95. The van der Waals surface area contributed by atoms with Gasteiger partial charge in [0.15, 0.2) is 11.5 Å². The van der Waals surface area contributed by atoms with E-state index >= 15 is 0 Å². The normalized spacial score (nSPS) is 21.0. The maximum absolute atomic E-state index is 13.0. The molecule has 1 saturated carbocycles. The summed E-state index contributed by atoms with van der Waals surface area (Å²) >= 11 is 0. The van der Waals surface area contributed by atoms with Crippen LogP contribution in [0.5, 0.6) is 5.75 Å². The van der Waals surface area contributed by atoms with Crippen LogP contribution in [0.1, 0.15) is 48.5 Å². The van der Waals surface area contributed by atoms with Crippen LogP contribution in [-0.2, 0) is 12.1 Å². The summed E-state index contributed by atoms with van der Waals surface area (Å²) in [6.07, 6.45) is 2.48. The van der Waals surface area contributed by atoms with Crippen LogP contribution in [0, 0.1) is 6.92 Å². The highest BCUT2D eigenvalue weighted by Crippen LogP contribution is 2.50. The van der Waals surface area contributed by atoms with Crippen molar-refractivity contribution in [2.24, 2.45) is 0 Å². The summed E-state index contributed by atoms with van der Waals surface area (Å²) in [5, 5.41) is 15.4. The highest BCUT2D eigenvalue weighted by molar-refractivity contribution is 5.76. The third kappa shape index (κ3) is 3.97. The van der Waals surface area contributed by atoms with Crippen molar-refractivity contribution in [3.8, 4) is 5.75 Å². The molecule has 4 aromatic rings. The zero-order valence-corrected chi connectivity index (χ0v) is 18.1. The lowest BCUT2D eigenvalue weighted by Crippen LogP contribution is -2.40. The summed E-state index contributed by atoms with van der Waals surface area (Å²) in [7, 11) is 0. The van der Waals surface area contributed by atoms with Crippen LogP contribution in [0.4, 0.5) is 4.39 Å². The van der Waals surface area contributed by atoms with E-state index in [0.717, 1.165) is 11.1 Å². The highest BCUT2D eigenvalue weighted by Gasteiger charge is 2.46. The monoisotopic (exact) mass is 451 g/mol.